The molecule has 2 aliphatic carbocycles. The number of allylic oxidation sites excluding steroid dienone is 6. The molecular formula is C70H88. The lowest BCUT2D eigenvalue weighted by molar-refractivity contribution is 0.166. The Morgan fingerprint density at radius 3 is 1.07 bits per heavy atom. The van der Waals surface area contributed by atoms with Crippen molar-refractivity contribution in [3.63, 3.8) is 0 Å². The van der Waals surface area contributed by atoms with Crippen molar-refractivity contribution in [3.05, 3.63) is 229 Å². The second-order valence-electron chi connectivity index (χ2n) is 20.2. The molecule has 0 unspecified atom stereocenters. The molecule has 2 aliphatic rings. The summed E-state index contributed by atoms with van der Waals surface area (Å²) in [6, 6.07) is 52.8. The van der Waals surface area contributed by atoms with Gasteiger partial charge < -0.3 is 0 Å². The summed E-state index contributed by atoms with van der Waals surface area (Å²) in [6.07, 6.45) is 34.2. The Morgan fingerprint density at radius 2 is 0.743 bits per heavy atom. The average Bonchev–Trinajstić information content (AvgIpc) is 3.40. The molecular weight excluding hydrogens is 841 g/mol. The van der Waals surface area contributed by atoms with Crippen LogP contribution in [0.25, 0.3) is 33.4 Å². The standard InChI is InChI=1S/C18H22.C18H20.C17H18.C17H28/c2*1-3-4-5-6-16-9-13-18(14-10-16)17-11-7-15(2)8-12-17;1-3-4-5-15-8-12-17(13-9-15)16-10-6-14(2)7-11-16;1-3-5-15-8-12-17(13-9-15)16-10-6-14(4-2)7-11-16/h7-14H,3-6H2,1-2H3;3-4,7-14H,5-6H2,1-2H3;3,6-13H,1,4-5H2,2H3;3-5,14-17H,2,6-13H2,1H3/b;4-3-;;5-3+. The summed E-state index contributed by atoms with van der Waals surface area (Å²) in [5.41, 5.74) is 15.9. The van der Waals surface area contributed by atoms with Gasteiger partial charge in [0.05, 0.1) is 0 Å². The molecule has 0 aliphatic heterocycles. The molecule has 6 aromatic carbocycles. The second-order valence-corrected chi connectivity index (χ2v) is 20.2. The topological polar surface area (TPSA) is 0 Å². The molecule has 0 atom stereocenters. The van der Waals surface area contributed by atoms with Crippen LogP contribution in [0.2, 0.25) is 0 Å². The maximum absolute atomic E-state index is 3.94. The fourth-order valence-corrected chi connectivity index (χ4v) is 10.0. The Bertz CT molecular complexity index is 2370. The van der Waals surface area contributed by atoms with E-state index in [9.17, 15) is 0 Å². The van der Waals surface area contributed by atoms with Gasteiger partial charge in [-0.3, -0.25) is 0 Å². The van der Waals surface area contributed by atoms with E-state index < -0.39 is 0 Å². The highest BCUT2D eigenvalue weighted by Gasteiger charge is 2.29. The van der Waals surface area contributed by atoms with Gasteiger partial charge >= 0.3 is 0 Å². The number of unbranched alkanes of at least 4 members (excludes halogenated alkanes) is 2. The van der Waals surface area contributed by atoms with E-state index in [0.717, 1.165) is 49.4 Å². The van der Waals surface area contributed by atoms with Crippen LogP contribution < -0.4 is 0 Å². The quantitative estimate of drug-likeness (QED) is 0.0670. The first-order valence-corrected chi connectivity index (χ1v) is 27.2. The molecule has 0 spiro atoms. The summed E-state index contributed by atoms with van der Waals surface area (Å²) < 4.78 is 0. The predicted octanol–water partition coefficient (Wildman–Crippen LogP) is 20.7. The summed E-state index contributed by atoms with van der Waals surface area (Å²) in [4.78, 5) is 0. The van der Waals surface area contributed by atoms with Crippen molar-refractivity contribution in [1.29, 1.82) is 0 Å². The molecule has 0 saturated heterocycles. The SMILES string of the molecule is C/C=C\CCc1ccc(-c2ccc(C)cc2)cc1.C=CC1CCC(C2CCC(/C=C/C)CC2)CC1.C=CCCc1ccc(-c2ccc(C)cc2)cc1.CCCCCc1ccc(-c2ccc(C)cc2)cc1. The van der Waals surface area contributed by atoms with Crippen molar-refractivity contribution < 1.29 is 0 Å². The lowest BCUT2D eigenvalue weighted by Gasteiger charge is -2.36. The van der Waals surface area contributed by atoms with Crippen LogP contribution in [0.5, 0.6) is 0 Å². The van der Waals surface area contributed by atoms with E-state index in [1.165, 1.54) is 144 Å². The van der Waals surface area contributed by atoms with Crippen molar-refractivity contribution in [1.82, 2.24) is 0 Å². The largest absolute Gasteiger partial charge is 0.103 e. The van der Waals surface area contributed by atoms with E-state index in [1.807, 2.05) is 6.08 Å². The van der Waals surface area contributed by atoms with E-state index >= 15 is 0 Å². The molecule has 0 bridgehead atoms. The van der Waals surface area contributed by atoms with Crippen LogP contribution in [0.3, 0.4) is 0 Å². The van der Waals surface area contributed by atoms with Gasteiger partial charge in [-0.2, -0.15) is 0 Å². The number of hydrogen-bond acceptors (Lipinski definition) is 0. The van der Waals surface area contributed by atoms with Gasteiger partial charge in [0.15, 0.2) is 0 Å². The first-order chi connectivity index (χ1) is 34.2. The third-order valence-corrected chi connectivity index (χ3v) is 14.7. The lowest BCUT2D eigenvalue weighted by Crippen LogP contribution is -2.25. The molecule has 0 nitrogen and oxygen atoms in total. The van der Waals surface area contributed by atoms with Crippen molar-refractivity contribution in [2.24, 2.45) is 23.7 Å². The van der Waals surface area contributed by atoms with Gasteiger partial charge in [-0.15, -0.1) is 13.2 Å². The van der Waals surface area contributed by atoms with Crippen molar-refractivity contribution in [2.45, 2.75) is 144 Å². The summed E-state index contributed by atoms with van der Waals surface area (Å²) in [5, 5.41) is 0. The summed E-state index contributed by atoms with van der Waals surface area (Å²) in [7, 11) is 0. The molecule has 368 valence electrons. The summed E-state index contributed by atoms with van der Waals surface area (Å²) >= 11 is 0. The molecule has 8 rings (SSSR count). The third-order valence-electron chi connectivity index (χ3n) is 14.7. The monoisotopic (exact) mass is 929 g/mol. The van der Waals surface area contributed by atoms with Gasteiger partial charge in [0.1, 0.15) is 0 Å². The van der Waals surface area contributed by atoms with Gasteiger partial charge in [0.25, 0.3) is 0 Å². The first-order valence-electron chi connectivity index (χ1n) is 27.2. The number of hydrogen-bond donors (Lipinski definition) is 0. The van der Waals surface area contributed by atoms with Crippen LogP contribution in [0.1, 0.15) is 138 Å². The number of aryl methyl sites for hydroxylation is 6. The second kappa shape index (κ2) is 31.5. The van der Waals surface area contributed by atoms with Crippen LogP contribution in [0.15, 0.2) is 195 Å². The zero-order valence-corrected chi connectivity index (χ0v) is 44.4. The molecule has 2 saturated carbocycles. The lowest BCUT2D eigenvalue weighted by atomic mass is 9.69. The van der Waals surface area contributed by atoms with Crippen LogP contribution in [0.4, 0.5) is 0 Å². The van der Waals surface area contributed by atoms with Crippen LogP contribution in [0, 0.1) is 44.4 Å². The van der Waals surface area contributed by atoms with Crippen molar-refractivity contribution in [2.75, 3.05) is 0 Å². The van der Waals surface area contributed by atoms with Crippen molar-refractivity contribution >= 4 is 0 Å². The minimum Gasteiger partial charge on any atom is -0.103 e. The van der Waals surface area contributed by atoms with Gasteiger partial charge in [0, 0.05) is 0 Å². The van der Waals surface area contributed by atoms with Crippen LogP contribution in [-0.2, 0) is 19.3 Å². The molecule has 0 heterocycles. The Kier molecular flexibility index (Phi) is 24.8. The zero-order chi connectivity index (χ0) is 49.8. The molecule has 70 heavy (non-hydrogen) atoms. The van der Waals surface area contributed by atoms with E-state index in [4.69, 9.17) is 0 Å². The van der Waals surface area contributed by atoms with Gasteiger partial charge in [-0.25, -0.2) is 0 Å². The normalized spacial score (nSPS) is 17.6. The minimum atomic E-state index is 0.825. The molecule has 0 amide bonds. The van der Waals surface area contributed by atoms with E-state index in [2.05, 4.69) is 231 Å². The highest BCUT2D eigenvalue weighted by atomic mass is 14.3. The number of benzene rings is 6. The van der Waals surface area contributed by atoms with Gasteiger partial charge in [-0.1, -0.05) is 219 Å². The minimum absolute atomic E-state index is 0.825. The fraction of sp³-hybridized carbons (Fsp3) is 0.371. The molecule has 0 heteroatoms. The highest BCUT2D eigenvalue weighted by molar-refractivity contribution is 5.65. The molecule has 0 aromatic heterocycles. The van der Waals surface area contributed by atoms with Crippen LogP contribution >= 0.6 is 0 Å². The smallest absolute Gasteiger partial charge is 0.0184 e. The summed E-state index contributed by atoms with van der Waals surface area (Å²) in [6.45, 7) is 20.5. The Morgan fingerprint density at radius 1 is 0.400 bits per heavy atom. The molecule has 6 aromatic rings. The Hall–Kier alpha value is -5.72. The Labute approximate surface area is 427 Å². The molecule has 0 N–H and O–H groups in total. The maximum Gasteiger partial charge on any atom is -0.0184 e. The van der Waals surface area contributed by atoms with Gasteiger partial charge in [0.2, 0.25) is 0 Å². The van der Waals surface area contributed by atoms with Crippen molar-refractivity contribution in [3.8, 4) is 33.4 Å². The average molecular weight is 929 g/mol. The maximum atomic E-state index is 3.94. The van der Waals surface area contributed by atoms with Gasteiger partial charge in [-0.05, 0) is 198 Å². The fourth-order valence-electron chi connectivity index (χ4n) is 10.0. The van der Waals surface area contributed by atoms with E-state index in [-0.39, 0.29) is 0 Å². The highest BCUT2D eigenvalue weighted by Crippen LogP contribution is 2.41. The first kappa shape index (κ1) is 55.2. The molecule has 0 radical (unpaired) electrons. The molecule has 2 fully saturated rings. The van der Waals surface area contributed by atoms with E-state index in [1.54, 1.807) is 0 Å². The zero-order valence-electron chi connectivity index (χ0n) is 44.4. The third kappa shape index (κ3) is 19.6. The van der Waals surface area contributed by atoms with Crippen LogP contribution in [-0.4, -0.2) is 0 Å². The summed E-state index contributed by atoms with van der Waals surface area (Å²) in [5.74, 6) is 3.80. The van der Waals surface area contributed by atoms with E-state index in [0.29, 0.717) is 0 Å². The Balaban J connectivity index is 0.000000174. The number of rotatable bonds is 16. The predicted molar refractivity (Wildman–Crippen MR) is 311 cm³/mol.